The molecule has 0 radical (unpaired) electrons. The third-order valence-corrected chi connectivity index (χ3v) is 5.39. The van der Waals surface area contributed by atoms with Crippen molar-refractivity contribution in [2.45, 2.75) is 18.9 Å². The third kappa shape index (κ3) is 5.71. The monoisotopic (exact) mass is 461 g/mol. The van der Waals surface area contributed by atoms with Crippen LogP contribution in [-0.4, -0.2) is 44.8 Å². The average Bonchev–Trinajstić information content (AvgIpc) is 2.64. The number of amides is 1. The summed E-state index contributed by atoms with van der Waals surface area (Å²) in [6.07, 6.45) is 3.53. The largest absolute Gasteiger partial charge is 0.489 e. The van der Waals surface area contributed by atoms with Crippen LogP contribution in [0, 0.1) is 5.82 Å². The van der Waals surface area contributed by atoms with Crippen LogP contribution in [0.25, 0.3) is 0 Å². The fraction of sp³-hybridized carbons (Fsp3) is 0.333. The quantitative estimate of drug-likeness (QED) is 0.734. The summed E-state index contributed by atoms with van der Waals surface area (Å²) in [6, 6.07) is 5.67. The minimum Gasteiger partial charge on any atom is -0.489 e. The van der Waals surface area contributed by atoms with Gasteiger partial charge in [0.1, 0.15) is 23.5 Å². The molecular formula is C18H18Cl2FN3O4S. The molecule has 0 unspecified atom stereocenters. The van der Waals surface area contributed by atoms with Crippen molar-refractivity contribution in [1.82, 2.24) is 9.71 Å². The zero-order valence-corrected chi connectivity index (χ0v) is 17.7. The summed E-state index contributed by atoms with van der Waals surface area (Å²) in [5.74, 6) is -1.10. The van der Waals surface area contributed by atoms with Crippen molar-refractivity contribution < 1.29 is 22.3 Å². The molecule has 1 amide bonds. The first-order valence-electron chi connectivity index (χ1n) is 8.67. The van der Waals surface area contributed by atoms with Gasteiger partial charge in [0.25, 0.3) is 5.91 Å². The summed E-state index contributed by atoms with van der Waals surface area (Å²) in [7, 11) is -3.82. The minimum atomic E-state index is -3.82. The van der Waals surface area contributed by atoms with Gasteiger partial charge in [-0.25, -0.2) is 22.5 Å². The molecule has 11 heteroatoms. The lowest BCUT2D eigenvalue weighted by molar-refractivity contribution is 0.0977. The van der Waals surface area contributed by atoms with E-state index >= 15 is 0 Å². The highest BCUT2D eigenvalue weighted by Crippen LogP contribution is 2.31. The molecule has 1 N–H and O–H groups in total. The van der Waals surface area contributed by atoms with Crippen LogP contribution < -0.4 is 14.4 Å². The molecule has 2 aromatic rings. The number of halogens is 3. The van der Waals surface area contributed by atoms with Gasteiger partial charge in [-0.05, 0) is 18.2 Å². The van der Waals surface area contributed by atoms with E-state index in [9.17, 15) is 17.6 Å². The van der Waals surface area contributed by atoms with Gasteiger partial charge in [-0.2, -0.15) is 0 Å². The Morgan fingerprint density at radius 2 is 1.97 bits per heavy atom. The smallest absolute Gasteiger partial charge is 0.267 e. The molecule has 1 aromatic heterocycles. The standard InChI is InChI=1S/C18H18Cl2FN3O4S/c1-29(26,27)23-18(25)13-8-14(20)16(9-15(13)21)28-12-4-6-24(7-5-12)17-3-2-11(19)10-22-17/h2-3,8-10,12H,4-7H2,1H3,(H,23,25). The van der Waals surface area contributed by atoms with Gasteiger partial charge in [0.05, 0.1) is 21.9 Å². The van der Waals surface area contributed by atoms with Crippen LogP contribution in [0.2, 0.25) is 10.0 Å². The number of piperidine rings is 1. The van der Waals surface area contributed by atoms with Crippen molar-refractivity contribution in [2.24, 2.45) is 0 Å². The van der Waals surface area contributed by atoms with Crippen LogP contribution in [0.3, 0.4) is 0 Å². The Bertz CT molecular complexity index is 1010. The highest BCUT2D eigenvalue weighted by atomic mass is 35.5. The van der Waals surface area contributed by atoms with Crippen LogP contribution >= 0.6 is 23.2 Å². The van der Waals surface area contributed by atoms with Gasteiger partial charge in [0.2, 0.25) is 10.0 Å². The maximum Gasteiger partial charge on any atom is 0.267 e. The number of nitrogens with zero attached hydrogens (tertiary/aromatic N) is 2. The molecular weight excluding hydrogens is 444 g/mol. The lowest BCUT2D eigenvalue weighted by atomic mass is 10.1. The number of hydrogen-bond donors (Lipinski definition) is 1. The molecule has 3 rings (SSSR count). The van der Waals surface area contributed by atoms with Gasteiger partial charge in [-0.1, -0.05) is 23.2 Å². The van der Waals surface area contributed by atoms with E-state index < -0.39 is 27.3 Å². The summed E-state index contributed by atoms with van der Waals surface area (Å²) in [5.41, 5.74) is -0.476. The van der Waals surface area contributed by atoms with E-state index in [4.69, 9.17) is 27.9 Å². The summed E-state index contributed by atoms with van der Waals surface area (Å²) >= 11 is 12.0. The zero-order chi connectivity index (χ0) is 21.2. The third-order valence-electron chi connectivity index (χ3n) is 4.32. The topological polar surface area (TPSA) is 88.6 Å². The first-order chi connectivity index (χ1) is 13.6. The number of aromatic nitrogens is 1. The molecule has 0 saturated carbocycles. The van der Waals surface area contributed by atoms with Gasteiger partial charge in [0, 0.05) is 38.2 Å². The predicted molar refractivity (Wildman–Crippen MR) is 109 cm³/mol. The van der Waals surface area contributed by atoms with Crippen molar-refractivity contribution in [3.05, 3.63) is 51.9 Å². The van der Waals surface area contributed by atoms with Crippen LogP contribution in [0.15, 0.2) is 30.5 Å². The normalized spacial score (nSPS) is 15.2. The van der Waals surface area contributed by atoms with Gasteiger partial charge in [-0.15, -0.1) is 0 Å². The molecule has 1 fully saturated rings. The van der Waals surface area contributed by atoms with E-state index in [1.165, 1.54) is 0 Å². The molecule has 7 nitrogen and oxygen atoms in total. The number of nitrogens with one attached hydrogen (secondary N) is 1. The number of ether oxygens (including phenoxy) is 1. The first kappa shape index (κ1) is 21.6. The number of pyridine rings is 1. The second-order valence-electron chi connectivity index (χ2n) is 6.60. The Hall–Kier alpha value is -2.10. The van der Waals surface area contributed by atoms with E-state index in [0.29, 0.717) is 31.0 Å². The second-order valence-corrected chi connectivity index (χ2v) is 9.20. The van der Waals surface area contributed by atoms with Gasteiger partial charge in [0.15, 0.2) is 0 Å². The molecule has 1 aromatic carbocycles. The molecule has 0 bridgehead atoms. The maximum absolute atomic E-state index is 14.3. The average molecular weight is 462 g/mol. The van der Waals surface area contributed by atoms with Gasteiger partial charge in [-0.3, -0.25) is 4.79 Å². The Balaban J connectivity index is 1.64. The van der Waals surface area contributed by atoms with Crippen molar-refractivity contribution in [1.29, 1.82) is 0 Å². The first-order valence-corrected chi connectivity index (χ1v) is 11.3. The summed E-state index contributed by atoms with van der Waals surface area (Å²) in [6.45, 7) is 1.38. The van der Waals surface area contributed by atoms with Crippen LogP contribution in [0.4, 0.5) is 10.2 Å². The number of carbonyl (C=O) groups excluding carboxylic acids is 1. The van der Waals surface area contributed by atoms with Gasteiger partial charge >= 0.3 is 0 Å². The zero-order valence-electron chi connectivity index (χ0n) is 15.4. The van der Waals surface area contributed by atoms with Crippen molar-refractivity contribution in [2.75, 3.05) is 24.2 Å². The number of sulfonamides is 1. The number of hydrogen-bond acceptors (Lipinski definition) is 6. The molecule has 1 saturated heterocycles. The number of anilines is 1. The second kappa shape index (κ2) is 8.73. The molecule has 29 heavy (non-hydrogen) atoms. The highest BCUT2D eigenvalue weighted by Gasteiger charge is 2.24. The Labute approximate surface area is 177 Å². The Morgan fingerprint density at radius 1 is 1.28 bits per heavy atom. The molecule has 156 valence electrons. The molecule has 0 aliphatic carbocycles. The van der Waals surface area contributed by atoms with Crippen molar-refractivity contribution in [3.8, 4) is 5.75 Å². The molecule has 0 spiro atoms. The van der Waals surface area contributed by atoms with Crippen LogP contribution in [0.5, 0.6) is 5.75 Å². The number of carbonyl (C=O) groups is 1. The Morgan fingerprint density at radius 3 is 2.55 bits per heavy atom. The van der Waals surface area contributed by atoms with Crippen molar-refractivity contribution in [3.63, 3.8) is 0 Å². The number of benzene rings is 1. The summed E-state index contributed by atoms with van der Waals surface area (Å²) in [5, 5.41) is 0.587. The predicted octanol–water partition coefficient (Wildman–Crippen LogP) is 3.26. The van der Waals surface area contributed by atoms with E-state index in [1.54, 1.807) is 17.0 Å². The summed E-state index contributed by atoms with van der Waals surface area (Å²) in [4.78, 5) is 18.3. The van der Waals surface area contributed by atoms with Crippen LogP contribution in [0.1, 0.15) is 23.2 Å². The van der Waals surface area contributed by atoms with Crippen molar-refractivity contribution >= 4 is 45.0 Å². The maximum atomic E-state index is 14.3. The van der Waals surface area contributed by atoms with E-state index in [2.05, 4.69) is 9.88 Å². The Kier molecular flexibility index (Phi) is 6.50. The minimum absolute atomic E-state index is 0.0202. The van der Waals surface area contributed by atoms with Crippen LogP contribution in [-0.2, 0) is 10.0 Å². The lowest BCUT2D eigenvalue weighted by Crippen LogP contribution is -2.38. The molecule has 1 aliphatic rings. The fourth-order valence-electron chi connectivity index (χ4n) is 2.95. The molecule has 0 atom stereocenters. The molecule has 1 aliphatic heterocycles. The highest BCUT2D eigenvalue weighted by molar-refractivity contribution is 7.89. The fourth-order valence-corrected chi connectivity index (χ4v) is 3.72. The van der Waals surface area contributed by atoms with E-state index in [-0.39, 0.29) is 16.9 Å². The number of rotatable bonds is 5. The lowest BCUT2D eigenvalue weighted by Gasteiger charge is -2.33. The molecule has 2 heterocycles. The summed E-state index contributed by atoms with van der Waals surface area (Å²) < 4.78 is 44.1. The van der Waals surface area contributed by atoms with Gasteiger partial charge < -0.3 is 9.64 Å². The SMILES string of the molecule is CS(=O)(=O)NC(=O)c1cc(Cl)c(OC2CCN(c3ccc(Cl)cn3)CC2)cc1F. The van der Waals surface area contributed by atoms with E-state index in [0.717, 1.165) is 24.2 Å². The van der Waals surface area contributed by atoms with E-state index in [1.807, 2.05) is 6.07 Å².